The van der Waals surface area contributed by atoms with Crippen molar-refractivity contribution >= 4 is 5.78 Å². The molecule has 0 saturated carbocycles. The third-order valence-electron chi connectivity index (χ3n) is 2.98. The van der Waals surface area contributed by atoms with Gasteiger partial charge in [0.25, 0.3) is 0 Å². The lowest BCUT2D eigenvalue weighted by molar-refractivity contribution is -0.120. The van der Waals surface area contributed by atoms with Gasteiger partial charge in [-0.1, -0.05) is 43.6 Å². The summed E-state index contributed by atoms with van der Waals surface area (Å²) < 4.78 is 5.05. The molecule has 1 rings (SSSR count). The first-order valence-corrected chi connectivity index (χ1v) is 6.18. The van der Waals surface area contributed by atoms with Crippen molar-refractivity contribution in [2.45, 2.75) is 39.0 Å². The van der Waals surface area contributed by atoms with Crippen LogP contribution in [0.2, 0.25) is 0 Å². The Morgan fingerprint density at radius 1 is 1.44 bits per heavy atom. The molecule has 0 saturated heterocycles. The van der Waals surface area contributed by atoms with Crippen LogP contribution in [0.25, 0.3) is 0 Å². The lowest BCUT2D eigenvalue weighted by Gasteiger charge is -2.12. The van der Waals surface area contributed by atoms with Crippen molar-refractivity contribution in [1.29, 1.82) is 0 Å². The van der Waals surface area contributed by atoms with Crippen LogP contribution in [-0.4, -0.2) is 19.5 Å². The Morgan fingerprint density at radius 2 is 2.25 bits per heavy atom. The fourth-order valence-corrected chi connectivity index (χ4v) is 2.00. The van der Waals surface area contributed by atoms with Gasteiger partial charge in [-0.2, -0.15) is 0 Å². The molecule has 0 heterocycles. The normalized spacial score (nSPS) is 18.9. The molecule has 0 aromatic carbocycles. The van der Waals surface area contributed by atoms with Crippen molar-refractivity contribution in [3.8, 4) is 0 Å². The number of ketones is 1. The van der Waals surface area contributed by atoms with Gasteiger partial charge in [0.2, 0.25) is 0 Å². The summed E-state index contributed by atoms with van der Waals surface area (Å²) in [6.07, 6.45) is 11.0. The van der Waals surface area contributed by atoms with Gasteiger partial charge < -0.3 is 4.74 Å². The van der Waals surface area contributed by atoms with Crippen molar-refractivity contribution in [3.05, 3.63) is 23.8 Å². The van der Waals surface area contributed by atoms with Crippen molar-refractivity contribution in [2.24, 2.45) is 5.92 Å². The second-order valence-electron chi connectivity index (χ2n) is 4.27. The minimum atomic E-state index is 0.0343. The summed E-state index contributed by atoms with van der Waals surface area (Å²) in [5.41, 5.74) is 1.21. The van der Waals surface area contributed by atoms with Crippen LogP contribution in [0, 0.1) is 5.92 Å². The van der Waals surface area contributed by atoms with Gasteiger partial charge in [-0.15, -0.1) is 0 Å². The lowest BCUT2D eigenvalue weighted by Crippen LogP contribution is -2.14. The molecule has 0 N–H and O–H groups in total. The van der Waals surface area contributed by atoms with Crippen molar-refractivity contribution in [2.75, 3.05) is 13.7 Å². The first-order valence-electron chi connectivity index (χ1n) is 6.18. The summed E-state index contributed by atoms with van der Waals surface area (Å²) in [5, 5.41) is 0. The molecule has 16 heavy (non-hydrogen) atoms. The molecule has 90 valence electrons. The van der Waals surface area contributed by atoms with Crippen LogP contribution < -0.4 is 0 Å². The Kier molecular flexibility index (Phi) is 6.09. The van der Waals surface area contributed by atoms with Gasteiger partial charge >= 0.3 is 0 Å². The predicted octanol–water partition coefficient (Wildman–Crippen LogP) is 3.28. The first kappa shape index (κ1) is 13.2. The van der Waals surface area contributed by atoms with Gasteiger partial charge in [-0.05, 0) is 12.8 Å². The second kappa shape index (κ2) is 7.39. The highest BCUT2D eigenvalue weighted by Gasteiger charge is 2.21. The summed E-state index contributed by atoms with van der Waals surface area (Å²) in [4.78, 5) is 12.0. The lowest BCUT2D eigenvalue weighted by atomic mass is 9.92. The van der Waals surface area contributed by atoms with Gasteiger partial charge in [0, 0.05) is 20.1 Å². The molecule has 2 nitrogen and oxygen atoms in total. The molecule has 0 spiro atoms. The highest BCUT2D eigenvalue weighted by atomic mass is 16.5. The number of ether oxygens (including phenoxy) is 1. The van der Waals surface area contributed by atoms with Crippen LogP contribution >= 0.6 is 0 Å². The number of hydrogen-bond acceptors (Lipinski definition) is 2. The molecule has 0 radical (unpaired) electrons. The third kappa shape index (κ3) is 3.93. The number of carbonyl (C=O) groups excluding carboxylic acids is 1. The molecule has 1 atom stereocenters. The van der Waals surface area contributed by atoms with E-state index < -0.39 is 0 Å². The van der Waals surface area contributed by atoms with E-state index >= 15 is 0 Å². The fraction of sp³-hybridized carbons (Fsp3) is 0.643. The molecule has 1 aliphatic rings. The quantitative estimate of drug-likeness (QED) is 0.589. The van der Waals surface area contributed by atoms with E-state index in [4.69, 9.17) is 4.74 Å². The van der Waals surface area contributed by atoms with Crippen molar-refractivity contribution < 1.29 is 9.53 Å². The third-order valence-corrected chi connectivity index (χ3v) is 2.98. The highest BCUT2D eigenvalue weighted by Crippen LogP contribution is 2.25. The average Bonchev–Trinajstić information content (AvgIpc) is 2.74. The van der Waals surface area contributed by atoms with E-state index in [1.807, 2.05) is 12.2 Å². The molecule has 0 bridgehead atoms. The standard InChI is InChI=1S/C14H22O2/c1-3-4-5-9-14(15)13-8-6-7-12(13)10-11-16-2/h6-8,13H,3-5,9-11H2,1-2H3. The second-order valence-corrected chi connectivity index (χ2v) is 4.27. The number of allylic oxidation sites excluding steroid dienone is 3. The van der Waals surface area contributed by atoms with Gasteiger partial charge in [0.05, 0.1) is 5.92 Å². The Labute approximate surface area is 98.4 Å². The van der Waals surface area contributed by atoms with E-state index in [1.165, 1.54) is 12.0 Å². The average molecular weight is 222 g/mol. The maximum Gasteiger partial charge on any atom is 0.143 e. The van der Waals surface area contributed by atoms with E-state index in [1.54, 1.807) is 7.11 Å². The summed E-state index contributed by atoms with van der Waals surface area (Å²) in [7, 11) is 1.70. The molecule has 0 fully saturated rings. The van der Waals surface area contributed by atoms with E-state index in [2.05, 4.69) is 13.0 Å². The summed E-state index contributed by atoms with van der Waals surface area (Å²) in [6.45, 7) is 2.86. The number of Topliss-reactive ketones (excluding diaryl/α,β-unsaturated/α-hetero) is 1. The van der Waals surface area contributed by atoms with Gasteiger partial charge in [0.15, 0.2) is 0 Å². The minimum absolute atomic E-state index is 0.0343. The van der Waals surface area contributed by atoms with Crippen LogP contribution in [-0.2, 0) is 9.53 Å². The fourth-order valence-electron chi connectivity index (χ4n) is 2.00. The Hall–Kier alpha value is -0.890. The topological polar surface area (TPSA) is 26.3 Å². The summed E-state index contributed by atoms with van der Waals surface area (Å²) in [5.74, 6) is 0.400. The minimum Gasteiger partial charge on any atom is -0.384 e. The van der Waals surface area contributed by atoms with Crippen LogP contribution in [0.3, 0.4) is 0 Å². The summed E-state index contributed by atoms with van der Waals surface area (Å²) >= 11 is 0. The Bertz CT molecular complexity index is 276. The molecule has 0 amide bonds. The zero-order chi connectivity index (χ0) is 11.8. The predicted molar refractivity (Wildman–Crippen MR) is 66.4 cm³/mol. The van der Waals surface area contributed by atoms with Crippen molar-refractivity contribution in [1.82, 2.24) is 0 Å². The number of methoxy groups -OCH3 is 1. The monoisotopic (exact) mass is 222 g/mol. The van der Waals surface area contributed by atoms with Crippen LogP contribution in [0.4, 0.5) is 0 Å². The SMILES string of the molecule is CCCCCC(=O)C1C=CC=C1CCOC. The maximum atomic E-state index is 12.0. The smallest absolute Gasteiger partial charge is 0.143 e. The number of rotatable bonds is 8. The molecular weight excluding hydrogens is 200 g/mol. The van der Waals surface area contributed by atoms with Gasteiger partial charge in [-0.25, -0.2) is 0 Å². The van der Waals surface area contributed by atoms with Gasteiger partial charge in [-0.3, -0.25) is 4.79 Å². The van der Waals surface area contributed by atoms with Crippen LogP contribution in [0.1, 0.15) is 39.0 Å². The zero-order valence-electron chi connectivity index (χ0n) is 10.4. The molecule has 0 aromatic rings. The van der Waals surface area contributed by atoms with Crippen LogP contribution in [0.15, 0.2) is 23.8 Å². The van der Waals surface area contributed by atoms with E-state index in [-0.39, 0.29) is 5.92 Å². The van der Waals surface area contributed by atoms with E-state index in [9.17, 15) is 4.79 Å². The first-order chi connectivity index (χ1) is 7.79. The zero-order valence-corrected chi connectivity index (χ0v) is 10.4. The van der Waals surface area contributed by atoms with Crippen molar-refractivity contribution in [3.63, 3.8) is 0 Å². The Morgan fingerprint density at radius 3 is 2.94 bits per heavy atom. The maximum absolute atomic E-state index is 12.0. The molecule has 2 heteroatoms. The highest BCUT2D eigenvalue weighted by molar-refractivity contribution is 5.86. The number of hydrogen-bond donors (Lipinski definition) is 0. The number of unbranched alkanes of at least 4 members (excludes halogenated alkanes) is 2. The largest absolute Gasteiger partial charge is 0.384 e. The molecular formula is C14H22O2. The van der Waals surface area contributed by atoms with Gasteiger partial charge in [0.1, 0.15) is 5.78 Å². The van der Waals surface area contributed by atoms with E-state index in [0.717, 1.165) is 19.3 Å². The van der Waals surface area contributed by atoms with Crippen LogP contribution in [0.5, 0.6) is 0 Å². The number of carbonyl (C=O) groups is 1. The molecule has 1 aliphatic carbocycles. The molecule has 1 unspecified atom stereocenters. The summed E-state index contributed by atoms with van der Waals surface area (Å²) in [6, 6.07) is 0. The van der Waals surface area contributed by atoms with E-state index in [0.29, 0.717) is 18.8 Å². The molecule has 0 aromatic heterocycles. The molecule has 0 aliphatic heterocycles. The Balaban J connectivity index is 2.37.